The SMILES string of the molecule is O=C1CN=C(c2ccc(-c3ccc(NCC4(c5ncccc5F)CCC4)nn3)s2)N1. The fourth-order valence-electron chi connectivity index (χ4n) is 3.80. The molecule has 3 aromatic heterocycles. The van der Waals surface area contributed by atoms with E-state index in [9.17, 15) is 9.18 Å². The Morgan fingerprint density at radius 1 is 1.13 bits per heavy atom. The first-order valence-electron chi connectivity index (χ1n) is 9.76. The second-order valence-corrected chi connectivity index (χ2v) is 8.59. The molecule has 0 atom stereocenters. The molecule has 1 saturated carbocycles. The summed E-state index contributed by atoms with van der Waals surface area (Å²) in [5.41, 5.74) is 0.984. The summed E-state index contributed by atoms with van der Waals surface area (Å²) in [4.78, 5) is 21.7. The van der Waals surface area contributed by atoms with Crippen molar-refractivity contribution < 1.29 is 9.18 Å². The number of nitrogens with one attached hydrogen (secondary N) is 2. The maximum Gasteiger partial charge on any atom is 0.247 e. The molecule has 3 aromatic rings. The molecule has 4 heterocycles. The van der Waals surface area contributed by atoms with Gasteiger partial charge >= 0.3 is 0 Å². The van der Waals surface area contributed by atoms with E-state index in [1.54, 1.807) is 12.3 Å². The molecule has 2 N–H and O–H groups in total. The highest BCUT2D eigenvalue weighted by Crippen LogP contribution is 2.43. The van der Waals surface area contributed by atoms with Crippen molar-refractivity contribution in [3.63, 3.8) is 0 Å². The number of amidine groups is 1. The molecule has 1 aliphatic heterocycles. The Bertz CT molecular complexity index is 1120. The third kappa shape index (κ3) is 3.45. The fraction of sp³-hybridized carbons (Fsp3) is 0.286. The van der Waals surface area contributed by atoms with Gasteiger partial charge < -0.3 is 10.6 Å². The van der Waals surface area contributed by atoms with E-state index in [1.165, 1.54) is 17.4 Å². The van der Waals surface area contributed by atoms with Gasteiger partial charge in [-0.3, -0.25) is 14.8 Å². The first kappa shape index (κ1) is 18.8. The maximum absolute atomic E-state index is 14.3. The number of carbonyl (C=O) groups is 1. The number of hydrogen-bond acceptors (Lipinski definition) is 7. The third-order valence-electron chi connectivity index (χ3n) is 5.57. The zero-order chi connectivity index (χ0) is 20.6. The first-order chi connectivity index (χ1) is 14.6. The van der Waals surface area contributed by atoms with Crippen LogP contribution in [0.2, 0.25) is 0 Å². The summed E-state index contributed by atoms with van der Waals surface area (Å²) in [5, 5.41) is 14.7. The summed E-state index contributed by atoms with van der Waals surface area (Å²) in [6, 6.07) is 10.7. The van der Waals surface area contributed by atoms with E-state index in [-0.39, 0.29) is 23.7 Å². The average molecular weight is 422 g/mol. The molecule has 9 heteroatoms. The molecule has 0 aromatic carbocycles. The van der Waals surface area contributed by atoms with Crippen LogP contribution in [-0.4, -0.2) is 40.0 Å². The van der Waals surface area contributed by atoms with Gasteiger partial charge in [0.15, 0.2) is 0 Å². The van der Waals surface area contributed by atoms with Crippen LogP contribution in [0.4, 0.5) is 10.2 Å². The van der Waals surface area contributed by atoms with Crippen LogP contribution in [0.15, 0.2) is 47.6 Å². The van der Waals surface area contributed by atoms with E-state index in [4.69, 9.17) is 0 Å². The van der Waals surface area contributed by atoms with Crippen LogP contribution in [0.3, 0.4) is 0 Å². The topological polar surface area (TPSA) is 92.2 Å². The lowest BCUT2D eigenvalue weighted by molar-refractivity contribution is -0.117. The number of amides is 1. The van der Waals surface area contributed by atoms with Crippen molar-refractivity contribution in [2.75, 3.05) is 18.4 Å². The van der Waals surface area contributed by atoms with Crippen molar-refractivity contribution in [2.24, 2.45) is 4.99 Å². The molecule has 2 aliphatic rings. The number of rotatable bonds is 6. The van der Waals surface area contributed by atoms with Gasteiger partial charge in [-0.05, 0) is 49.2 Å². The van der Waals surface area contributed by atoms with Crippen LogP contribution in [-0.2, 0) is 10.2 Å². The zero-order valence-electron chi connectivity index (χ0n) is 16.1. The molecule has 7 nitrogen and oxygen atoms in total. The van der Waals surface area contributed by atoms with Gasteiger partial charge in [-0.1, -0.05) is 6.42 Å². The normalized spacial score (nSPS) is 17.2. The van der Waals surface area contributed by atoms with Gasteiger partial charge in [0.05, 0.1) is 15.4 Å². The van der Waals surface area contributed by atoms with E-state index >= 15 is 0 Å². The molecular weight excluding hydrogens is 403 g/mol. The lowest BCUT2D eigenvalue weighted by Crippen LogP contribution is -2.42. The number of hydrogen-bond donors (Lipinski definition) is 2. The largest absolute Gasteiger partial charge is 0.368 e. The monoisotopic (exact) mass is 422 g/mol. The van der Waals surface area contributed by atoms with Crippen molar-refractivity contribution >= 4 is 28.9 Å². The summed E-state index contributed by atoms with van der Waals surface area (Å²) in [7, 11) is 0. The van der Waals surface area contributed by atoms with Gasteiger partial charge in [-0.25, -0.2) is 4.39 Å². The molecule has 0 saturated heterocycles. The molecular formula is C21H19FN6OS. The minimum absolute atomic E-state index is 0.0926. The third-order valence-corrected chi connectivity index (χ3v) is 6.69. The average Bonchev–Trinajstić information content (AvgIpc) is 3.38. The second-order valence-electron chi connectivity index (χ2n) is 7.50. The van der Waals surface area contributed by atoms with Gasteiger partial charge in [0.2, 0.25) is 5.91 Å². The smallest absolute Gasteiger partial charge is 0.247 e. The van der Waals surface area contributed by atoms with Crippen molar-refractivity contribution in [2.45, 2.75) is 24.7 Å². The van der Waals surface area contributed by atoms with Gasteiger partial charge in [0, 0.05) is 18.2 Å². The highest BCUT2D eigenvalue weighted by molar-refractivity contribution is 7.17. The second kappa shape index (κ2) is 7.56. The quantitative estimate of drug-likeness (QED) is 0.637. The van der Waals surface area contributed by atoms with E-state index in [0.29, 0.717) is 23.9 Å². The number of aromatic nitrogens is 3. The van der Waals surface area contributed by atoms with Crippen LogP contribution < -0.4 is 10.6 Å². The lowest BCUT2D eigenvalue weighted by Gasteiger charge is -2.41. The summed E-state index contributed by atoms with van der Waals surface area (Å²) < 4.78 is 14.3. The summed E-state index contributed by atoms with van der Waals surface area (Å²) in [6.45, 7) is 0.740. The van der Waals surface area contributed by atoms with Gasteiger partial charge in [-0.2, -0.15) is 0 Å². The zero-order valence-corrected chi connectivity index (χ0v) is 16.9. The van der Waals surface area contributed by atoms with E-state index in [0.717, 1.165) is 34.7 Å². The Labute approximate surface area is 176 Å². The van der Waals surface area contributed by atoms with Crippen molar-refractivity contribution in [3.05, 3.63) is 59.0 Å². The van der Waals surface area contributed by atoms with Crippen LogP contribution in [0.1, 0.15) is 29.8 Å². The van der Waals surface area contributed by atoms with Gasteiger partial charge in [0.1, 0.15) is 29.7 Å². The van der Waals surface area contributed by atoms with E-state index < -0.39 is 0 Å². The van der Waals surface area contributed by atoms with Crippen molar-refractivity contribution in [1.29, 1.82) is 0 Å². The summed E-state index contributed by atoms with van der Waals surface area (Å²) in [5.74, 6) is 0.905. The standard InChI is InChI=1S/C21H19FN6OS/c22-13-3-1-10-23-19(13)21(8-2-9-21)12-25-17-7-4-14(27-28-17)15-5-6-16(30-15)20-24-11-18(29)26-20/h1,3-7,10H,2,8-9,11-12H2,(H,25,28)(H,24,26,29). The highest BCUT2D eigenvalue weighted by Gasteiger charge is 2.41. The number of pyridine rings is 1. The van der Waals surface area contributed by atoms with Crippen LogP contribution in [0.5, 0.6) is 0 Å². The van der Waals surface area contributed by atoms with Crippen LogP contribution >= 0.6 is 11.3 Å². The predicted octanol–water partition coefficient (Wildman–Crippen LogP) is 3.15. The number of aliphatic imine (C=N–C) groups is 1. The Morgan fingerprint density at radius 2 is 2.00 bits per heavy atom. The minimum atomic E-state index is -0.291. The number of halogens is 1. The molecule has 30 heavy (non-hydrogen) atoms. The Morgan fingerprint density at radius 3 is 2.67 bits per heavy atom. The molecule has 152 valence electrons. The van der Waals surface area contributed by atoms with Gasteiger partial charge in [0.25, 0.3) is 0 Å². The summed E-state index contributed by atoms with van der Waals surface area (Å²) in [6.07, 6.45) is 4.51. The molecule has 0 spiro atoms. The Kier molecular flexibility index (Phi) is 4.74. The van der Waals surface area contributed by atoms with E-state index in [1.807, 2.05) is 24.3 Å². The molecule has 5 rings (SSSR count). The Hall–Kier alpha value is -3.20. The van der Waals surface area contributed by atoms with Crippen LogP contribution in [0, 0.1) is 5.82 Å². The highest BCUT2D eigenvalue weighted by atomic mass is 32.1. The fourth-order valence-corrected chi connectivity index (χ4v) is 4.73. The number of carbonyl (C=O) groups excluding carboxylic acids is 1. The predicted molar refractivity (Wildman–Crippen MR) is 113 cm³/mol. The van der Waals surface area contributed by atoms with Crippen molar-refractivity contribution in [1.82, 2.24) is 20.5 Å². The Balaban J connectivity index is 1.27. The summed E-state index contributed by atoms with van der Waals surface area (Å²) >= 11 is 1.50. The number of nitrogens with zero attached hydrogens (tertiary/aromatic N) is 4. The number of thiophene rings is 1. The van der Waals surface area contributed by atoms with E-state index in [2.05, 4.69) is 30.8 Å². The lowest BCUT2D eigenvalue weighted by atomic mass is 9.66. The van der Waals surface area contributed by atoms with Crippen molar-refractivity contribution in [3.8, 4) is 10.6 Å². The molecule has 0 radical (unpaired) electrons. The van der Waals surface area contributed by atoms with Gasteiger partial charge in [-0.15, -0.1) is 21.5 Å². The first-order valence-corrected chi connectivity index (χ1v) is 10.6. The maximum atomic E-state index is 14.3. The molecule has 0 unspecified atom stereocenters. The minimum Gasteiger partial charge on any atom is -0.368 e. The molecule has 1 aliphatic carbocycles. The van der Waals surface area contributed by atoms with Crippen LogP contribution in [0.25, 0.3) is 10.6 Å². The molecule has 1 fully saturated rings. The number of anilines is 1. The molecule has 1 amide bonds. The molecule has 0 bridgehead atoms.